The smallest absolute Gasteiger partial charge is 0.137 e. The molecule has 0 aliphatic heterocycles. The maximum atomic E-state index is 13.3. The first-order valence-electron chi connectivity index (χ1n) is 9.70. The highest BCUT2D eigenvalue weighted by atomic mass is 16.3. The van der Waals surface area contributed by atoms with E-state index in [4.69, 9.17) is 5.26 Å². The first-order valence-corrected chi connectivity index (χ1v) is 9.70. The lowest BCUT2D eigenvalue weighted by atomic mass is 9.44. The fraction of sp³-hybridized carbons (Fsp3) is 0.810. The molecule has 0 aromatic rings. The summed E-state index contributed by atoms with van der Waals surface area (Å²) < 4.78 is 0. The fourth-order valence-electron chi connectivity index (χ4n) is 7.21. The fourth-order valence-corrected chi connectivity index (χ4v) is 7.21. The molecule has 0 aromatic carbocycles. The Kier molecular flexibility index (Phi) is 3.69. The van der Waals surface area contributed by atoms with Crippen LogP contribution in [0.25, 0.3) is 0 Å². The highest BCUT2D eigenvalue weighted by Gasteiger charge is 2.62. The quantitative estimate of drug-likeness (QED) is 0.684. The van der Waals surface area contributed by atoms with Crippen LogP contribution in [0.1, 0.15) is 65.2 Å². The minimum absolute atomic E-state index is 0.0780. The van der Waals surface area contributed by atoms with E-state index in [0.29, 0.717) is 30.0 Å². The molecule has 0 radical (unpaired) electrons. The molecular weight excluding hydrogens is 298 g/mol. The molecule has 4 fully saturated rings. The van der Waals surface area contributed by atoms with Gasteiger partial charge in [0, 0.05) is 18.4 Å². The molecule has 1 N–H and O–H groups in total. The van der Waals surface area contributed by atoms with Gasteiger partial charge in [0.25, 0.3) is 0 Å². The number of Topliss-reactive ketones (excluding diaryl/α,β-unsaturated/α-hetero) is 1. The summed E-state index contributed by atoms with van der Waals surface area (Å²) >= 11 is 0. The van der Waals surface area contributed by atoms with E-state index >= 15 is 0 Å². The summed E-state index contributed by atoms with van der Waals surface area (Å²) in [6.45, 7) is 4.57. The molecule has 24 heavy (non-hydrogen) atoms. The number of hydrogen-bond donors (Lipinski definition) is 1. The Bertz CT molecular complexity index is 632. The largest absolute Gasteiger partial charge is 0.393 e. The third-order valence-corrected chi connectivity index (χ3v) is 8.41. The predicted octanol–water partition coefficient (Wildman–Crippen LogP) is 4.02. The second kappa shape index (κ2) is 5.43. The van der Waals surface area contributed by atoms with E-state index in [0.717, 1.165) is 44.9 Å². The molecule has 4 aliphatic rings. The number of hydrogen-bond acceptors (Lipinski definition) is 3. The van der Waals surface area contributed by atoms with Crippen LogP contribution in [0.15, 0.2) is 11.6 Å². The summed E-state index contributed by atoms with van der Waals surface area (Å²) in [7, 11) is 0. The first-order chi connectivity index (χ1) is 11.4. The summed E-state index contributed by atoms with van der Waals surface area (Å²) in [6, 6.07) is 2.21. The summed E-state index contributed by atoms with van der Waals surface area (Å²) in [5.74, 6) is 2.17. The van der Waals surface area contributed by atoms with E-state index in [-0.39, 0.29) is 22.9 Å². The van der Waals surface area contributed by atoms with Gasteiger partial charge < -0.3 is 5.11 Å². The molecule has 7 atom stereocenters. The van der Waals surface area contributed by atoms with Crippen LogP contribution in [0.2, 0.25) is 0 Å². The van der Waals surface area contributed by atoms with Gasteiger partial charge in [-0.3, -0.25) is 4.79 Å². The maximum absolute atomic E-state index is 13.3. The van der Waals surface area contributed by atoms with E-state index in [1.807, 2.05) is 0 Å². The maximum Gasteiger partial charge on any atom is 0.137 e. The van der Waals surface area contributed by atoms with E-state index < -0.39 is 0 Å². The van der Waals surface area contributed by atoms with Gasteiger partial charge in [-0.25, -0.2) is 0 Å². The second-order valence-electron chi connectivity index (χ2n) is 9.35. The van der Waals surface area contributed by atoms with E-state index in [2.05, 4.69) is 19.9 Å². The number of nitrogens with zero attached hydrogens (tertiary/aromatic N) is 1. The lowest BCUT2D eigenvalue weighted by Gasteiger charge is -2.59. The molecule has 0 bridgehead atoms. The summed E-state index contributed by atoms with van der Waals surface area (Å²) in [4.78, 5) is 13.3. The van der Waals surface area contributed by atoms with Gasteiger partial charge >= 0.3 is 0 Å². The molecule has 130 valence electrons. The first kappa shape index (κ1) is 16.3. The van der Waals surface area contributed by atoms with Gasteiger partial charge in [-0.05, 0) is 73.5 Å². The number of rotatable bonds is 0. The Morgan fingerprint density at radius 3 is 2.79 bits per heavy atom. The SMILES string of the molecule is C[C@]12CC[C@@H](O)C[C@H]1CC[C@@H]1[C@@H]2C(=O)C[C@]2(C)/C(=C\C#N)CC[C@@H]12. The Labute approximate surface area is 145 Å². The molecule has 0 saturated heterocycles. The van der Waals surface area contributed by atoms with Gasteiger partial charge in [-0.1, -0.05) is 19.4 Å². The molecule has 0 aromatic heterocycles. The summed E-state index contributed by atoms with van der Waals surface area (Å²) in [5.41, 5.74) is 1.22. The summed E-state index contributed by atoms with van der Waals surface area (Å²) in [6.07, 6.45) is 9.33. The van der Waals surface area contributed by atoms with Crippen LogP contribution in [-0.2, 0) is 4.79 Å². The molecule has 3 nitrogen and oxygen atoms in total. The van der Waals surface area contributed by atoms with Gasteiger partial charge in [-0.15, -0.1) is 0 Å². The van der Waals surface area contributed by atoms with E-state index in [9.17, 15) is 9.90 Å². The molecule has 4 rings (SSSR count). The number of carbonyl (C=O) groups excluding carboxylic acids is 1. The number of aliphatic hydroxyl groups is 1. The molecule has 4 saturated carbocycles. The van der Waals surface area contributed by atoms with Gasteiger partial charge in [0.1, 0.15) is 5.78 Å². The third-order valence-electron chi connectivity index (χ3n) is 8.41. The van der Waals surface area contributed by atoms with Crippen LogP contribution in [0.5, 0.6) is 0 Å². The Hall–Kier alpha value is -1.14. The molecular formula is C21H29NO2. The van der Waals surface area contributed by atoms with E-state index in [1.165, 1.54) is 5.57 Å². The number of ketones is 1. The van der Waals surface area contributed by atoms with Gasteiger partial charge in [0.15, 0.2) is 0 Å². The molecule has 0 spiro atoms. The van der Waals surface area contributed by atoms with Crippen molar-refractivity contribution in [3.8, 4) is 6.07 Å². The Balaban J connectivity index is 1.70. The predicted molar refractivity (Wildman–Crippen MR) is 91.8 cm³/mol. The average Bonchev–Trinajstić information content (AvgIpc) is 2.84. The number of allylic oxidation sites excluding steroid dienone is 2. The molecule has 0 unspecified atom stereocenters. The minimum atomic E-state index is -0.166. The number of nitriles is 1. The lowest BCUT2D eigenvalue weighted by molar-refractivity contribution is -0.157. The van der Waals surface area contributed by atoms with Crippen molar-refractivity contribution in [2.75, 3.05) is 0 Å². The second-order valence-corrected chi connectivity index (χ2v) is 9.35. The van der Waals surface area contributed by atoms with Crippen molar-refractivity contribution < 1.29 is 9.90 Å². The number of carbonyl (C=O) groups is 1. The topological polar surface area (TPSA) is 61.1 Å². The van der Waals surface area contributed by atoms with Crippen LogP contribution in [0.4, 0.5) is 0 Å². The van der Waals surface area contributed by atoms with Crippen LogP contribution in [-0.4, -0.2) is 17.0 Å². The summed E-state index contributed by atoms with van der Waals surface area (Å²) in [5, 5.41) is 19.2. The van der Waals surface area contributed by atoms with Crippen molar-refractivity contribution in [2.24, 2.45) is 34.5 Å². The van der Waals surface area contributed by atoms with Crippen LogP contribution < -0.4 is 0 Å². The Morgan fingerprint density at radius 1 is 1.25 bits per heavy atom. The third kappa shape index (κ3) is 2.08. The standard InChI is InChI=1S/C21H29NO2/c1-20-9-7-15(23)11-14(20)3-5-16-17-6-4-13(8-10-22)21(17,2)12-18(24)19(16)20/h8,14-17,19,23H,3-7,9,11-12H2,1-2H3/b13-8-/t14-,15-,16+,17+,19-,20+,21-/m1/s1. The van der Waals surface area contributed by atoms with Gasteiger partial charge in [0.05, 0.1) is 12.2 Å². The molecule has 0 amide bonds. The van der Waals surface area contributed by atoms with E-state index in [1.54, 1.807) is 6.08 Å². The van der Waals surface area contributed by atoms with Crippen LogP contribution in [0.3, 0.4) is 0 Å². The zero-order chi connectivity index (χ0) is 17.1. The van der Waals surface area contributed by atoms with Crippen LogP contribution in [0, 0.1) is 45.8 Å². The number of fused-ring (bicyclic) bond motifs is 5. The minimum Gasteiger partial charge on any atom is -0.393 e. The Morgan fingerprint density at radius 2 is 2.04 bits per heavy atom. The molecule has 3 heteroatoms. The highest BCUT2D eigenvalue weighted by molar-refractivity contribution is 5.85. The van der Waals surface area contributed by atoms with Gasteiger partial charge in [0.2, 0.25) is 0 Å². The zero-order valence-corrected chi connectivity index (χ0v) is 14.9. The average molecular weight is 327 g/mol. The highest BCUT2D eigenvalue weighted by Crippen LogP contribution is 2.66. The van der Waals surface area contributed by atoms with Crippen molar-refractivity contribution in [1.29, 1.82) is 5.26 Å². The number of aliphatic hydroxyl groups excluding tert-OH is 1. The zero-order valence-electron chi connectivity index (χ0n) is 14.9. The molecule has 4 aliphatic carbocycles. The van der Waals surface area contributed by atoms with Crippen molar-refractivity contribution in [3.05, 3.63) is 11.6 Å². The van der Waals surface area contributed by atoms with Crippen molar-refractivity contribution in [1.82, 2.24) is 0 Å². The lowest BCUT2D eigenvalue weighted by Crippen LogP contribution is -2.57. The molecule has 0 heterocycles. The van der Waals surface area contributed by atoms with Crippen molar-refractivity contribution in [2.45, 2.75) is 71.3 Å². The van der Waals surface area contributed by atoms with Crippen LogP contribution >= 0.6 is 0 Å². The van der Waals surface area contributed by atoms with Gasteiger partial charge in [-0.2, -0.15) is 5.26 Å². The monoisotopic (exact) mass is 327 g/mol. The van der Waals surface area contributed by atoms with Crippen molar-refractivity contribution >= 4 is 5.78 Å². The normalized spacial score (nSPS) is 52.3. The van der Waals surface area contributed by atoms with Crippen molar-refractivity contribution in [3.63, 3.8) is 0 Å².